The lowest BCUT2D eigenvalue weighted by Gasteiger charge is -2.18. The number of carbonyl (C=O) groups is 3. The molecule has 27 heavy (non-hydrogen) atoms. The van der Waals surface area contributed by atoms with Gasteiger partial charge in [0.15, 0.2) is 0 Å². The minimum absolute atomic E-state index is 0.0333. The molecule has 1 saturated heterocycles. The Morgan fingerprint density at radius 1 is 1.07 bits per heavy atom. The van der Waals surface area contributed by atoms with Crippen LogP contribution in [0.15, 0.2) is 48.5 Å². The van der Waals surface area contributed by atoms with Gasteiger partial charge in [0.25, 0.3) is 5.91 Å². The van der Waals surface area contributed by atoms with Gasteiger partial charge in [-0.25, -0.2) is 4.79 Å². The van der Waals surface area contributed by atoms with E-state index in [9.17, 15) is 14.4 Å². The number of amides is 4. The minimum Gasteiger partial charge on any atom is -0.497 e. The fraction of sp³-hybridized carbons (Fsp3) is 0.250. The third-order valence-corrected chi connectivity index (χ3v) is 4.40. The number of hydrogen-bond donors (Lipinski definition) is 1. The number of benzene rings is 2. The van der Waals surface area contributed by atoms with Gasteiger partial charge in [0.2, 0.25) is 5.91 Å². The van der Waals surface area contributed by atoms with Crippen molar-refractivity contribution in [3.63, 3.8) is 0 Å². The van der Waals surface area contributed by atoms with Crippen molar-refractivity contribution >= 4 is 17.8 Å². The normalized spacial score (nSPS) is 13.5. The van der Waals surface area contributed by atoms with Gasteiger partial charge in [-0.1, -0.05) is 24.3 Å². The quantitative estimate of drug-likeness (QED) is 0.793. The van der Waals surface area contributed by atoms with Gasteiger partial charge in [0.1, 0.15) is 5.75 Å². The molecular formula is C20H21N3O4. The summed E-state index contributed by atoms with van der Waals surface area (Å²) in [5.74, 6) is 0.417. The summed E-state index contributed by atoms with van der Waals surface area (Å²) in [4.78, 5) is 38.6. The Morgan fingerprint density at radius 3 is 2.26 bits per heavy atom. The zero-order valence-electron chi connectivity index (χ0n) is 15.3. The number of nitrogens with zero attached hydrogens (tertiary/aromatic N) is 2. The van der Waals surface area contributed by atoms with Crippen molar-refractivity contribution in [3.05, 3.63) is 65.2 Å². The molecule has 2 aromatic carbocycles. The van der Waals surface area contributed by atoms with Crippen molar-refractivity contribution in [2.24, 2.45) is 0 Å². The molecule has 0 bridgehead atoms. The second-order valence-electron chi connectivity index (χ2n) is 6.34. The summed E-state index contributed by atoms with van der Waals surface area (Å²) in [7, 11) is 3.36. The van der Waals surface area contributed by atoms with Gasteiger partial charge in [-0.3, -0.25) is 14.5 Å². The first-order valence-corrected chi connectivity index (χ1v) is 8.53. The van der Waals surface area contributed by atoms with Crippen LogP contribution in [0, 0.1) is 0 Å². The second kappa shape index (κ2) is 7.90. The Morgan fingerprint density at radius 2 is 1.70 bits per heavy atom. The zero-order valence-corrected chi connectivity index (χ0v) is 15.3. The summed E-state index contributed by atoms with van der Waals surface area (Å²) in [5, 5.41) is 2.48. The molecular weight excluding hydrogens is 346 g/mol. The van der Waals surface area contributed by atoms with E-state index in [4.69, 9.17) is 4.74 Å². The van der Waals surface area contributed by atoms with Crippen LogP contribution in [-0.4, -0.2) is 48.3 Å². The number of hydrogen-bond acceptors (Lipinski definition) is 4. The average Bonchev–Trinajstić information content (AvgIpc) is 3.00. The molecule has 2 aromatic rings. The second-order valence-corrected chi connectivity index (χ2v) is 6.34. The van der Waals surface area contributed by atoms with Gasteiger partial charge < -0.3 is 15.0 Å². The number of urea groups is 1. The van der Waals surface area contributed by atoms with E-state index < -0.39 is 0 Å². The highest BCUT2D eigenvalue weighted by atomic mass is 16.5. The summed E-state index contributed by atoms with van der Waals surface area (Å²) in [5.41, 5.74) is 2.34. The first kappa shape index (κ1) is 18.4. The Bertz CT molecular complexity index is 831. The lowest BCUT2D eigenvalue weighted by Crippen LogP contribution is -2.30. The zero-order chi connectivity index (χ0) is 19.4. The fourth-order valence-corrected chi connectivity index (χ4v) is 2.85. The summed E-state index contributed by atoms with van der Waals surface area (Å²) in [6.07, 6.45) is 0. The SMILES string of the molecule is COc1ccc(CN(C)C(=O)c2ccc(CN3C(=O)CNC3=O)cc2)cc1. The Kier molecular flexibility index (Phi) is 5.40. The Labute approximate surface area is 157 Å². The lowest BCUT2D eigenvalue weighted by molar-refractivity contribution is -0.125. The maximum Gasteiger partial charge on any atom is 0.324 e. The molecule has 7 heteroatoms. The summed E-state index contributed by atoms with van der Waals surface area (Å²) in [6, 6.07) is 14.1. The van der Waals surface area contributed by atoms with Gasteiger partial charge in [-0.05, 0) is 35.4 Å². The van der Waals surface area contributed by atoms with Gasteiger partial charge >= 0.3 is 6.03 Å². The third-order valence-electron chi connectivity index (χ3n) is 4.40. The molecule has 1 fully saturated rings. The molecule has 1 heterocycles. The maximum atomic E-state index is 12.6. The molecule has 0 aliphatic carbocycles. The largest absolute Gasteiger partial charge is 0.497 e. The fourth-order valence-electron chi connectivity index (χ4n) is 2.85. The predicted octanol–water partition coefficient (Wildman–Crippen LogP) is 2.02. The molecule has 4 amide bonds. The van der Waals surface area contributed by atoms with Crippen LogP contribution in [0.25, 0.3) is 0 Å². The maximum absolute atomic E-state index is 12.6. The number of rotatable bonds is 6. The van der Waals surface area contributed by atoms with Crippen molar-refractivity contribution in [1.82, 2.24) is 15.1 Å². The van der Waals surface area contributed by atoms with Crippen molar-refractivity contribution in [1.29, 1.82) is 0 Å². The Hall–Kier alpha value is -3.35. The van der Waals surface area contributed by atoms with Gasteiger partial charge in [-0.15, -0.1) is 0 Å². The van der Waals surface area contributed by atoms with E-state index in [-0.39, 0.29) is 30.9 Å². The Balaban J connectivity index is 1.62. The molecule has 1 aliphatic heterocycles. The first-order valence-electron chi connectivity index (χ1n) is 8.53. The van der Waals surface area contributed by atoms with Gasteiger partial charge in [-0.2, -0.15) is 0 Å². The van der Waals surface area contributed by atoms with E-state index in [2.05, 4.69) is 5.32 Å². The van der Waals surface area contributed by atoms with Crippen LogP contribution in [-0.2, 0) is 17.9 Å². The number of nitrogens with one attached hydrogen (secondary N) is 1. The number of imide groups is 1. The lowest BCUT2D eigenvalue weighted by atomic mass is 10.1. The predicted molar refractivity (Wildman–Crippen MR) is 99.2 cm³/mol. The smallest absolute Gasteiger partial charge is 0.324 e. The third kappa shape index (κ3) is 4.25. The van der Waals surface area contributed by atoms with E-state index in [1.807, 2.05) is 24.3 Å². The van der Waals surface area contributed by atoms with Crippen molar-refractivity contribution < 1.29 is 19.1 Å². The highest BCUT2D eigenvalue weighted by molar-refractivity contribution is 6.01. The standard InChI is InChI=1S/C20H21N3O4/c1-22(12-14-5-9-17(27-2)10-6-14)19(25)16-7-3-15(4-8-16)13-23-18(24)11-21-20(23)26/h3-10H,11-13H2,1-2H3,(H,21,26). The molecule has 0 unspecified atom stereocenters. The van der Waals surface area contributed by atoms with Crippen LogP contribution in [0.1, 0.15) is 21.5 Å². The van der Waals surface area contributed by atoms with Crippen LogP contribution < -0.4 is 10.1 Å². The van der Waals surface area contributed by atoms with Crippen LogP contribution in [0.2, 0.25) is 0 Å². The monoisotopic (exact) mass is 367 g/mol. The highest BCUT2D eigenvalue weighted by Crippen LogP contribution is 2.15. The van der Waals surface area contributed by atoms with E-state index in [1.54, 1.807) is 43.3 Å². The van der Waals surface area contributed by atoms with E-state index in [1.165, 1.54) is 0 Å². The van der Waals surface area contributed by atoms with Gasteiger partial charge in [0, 0.05) is 19.2 Å². The number of carbonyl (C=O) groups excluding carboxylic acids is 3. The van der Waals surface area contributed by atoms with E-state index in [0.29, 0.717) is 12.1 Å². The molecule has 3 rings (SSSR count). The van der Waals surface area contributed by atoms with Crippen LogP contribution >= 0.6 is 0 Å². The van der Waals surface area contributed by atoms with Crippen molar-refractivity contribution in [2.75, 3.05) is 20.7 Å². The number of methoxy groups -OCH3 is 1. The summed E-state index contributed by atoms with van der Waals surface area (Å²) < 4.78 is 5.13. The van der Waals surface area contributed by atoms with Crippen molar-refractivity contribution in [3.8, 4) is 5.75 Å². The molecule has 1 aliphatic rings. The molecule has 7 nitrogen and oxygen atoms in total. The van der Waals surface area contributed by atoms with Gasteiger partial charge in [0.05, 0.1) is 20.2 Å². The van der Waals surface area contributed by atoms with Crippen LogP contribution in [0.3, 0.4) is 0 Å². The molecule has 0 saturated carbocycles. The average molecular weight is 367 g/mol. The van der Waals surface area contributed by atoms with Crippen LogP contribution in [0.4, 0.5) is 4.79 Å². The summed E-state index contributed by atoms with van der Waals surface area (Å²) in [6.45, 7) is 0.708. The molecule has 0 atom stereocenters. The molecule has 0 aromatic heterocycles. The molecule has 0 spiro atoms. The van der Waals surface area contributed by atoms with Crippen LogP contribution in [0.5, 0.6) is 5.75 Å². The number of ether oxygens (including phenoxy) is 1. The van der Waals surface area contributed by atoms with Crippen molar-refractivity contribution in [2.45, 2.75) is 13.1 Å². The summed E-state index contributed by atoms with van der Waals surface area (Å²) >= 11 is 0. The van der Waals surface area contributed by atoms with E-state index in [0.717, 1.165) is 21.8 Å². The molecule has 1 N–H and O–H groups in total. The molecule has 0 radical (unpaired) electrons. The molecule has 140 valence electrons. The van der Waals surface area contributed by atoms with E-state index >= 15 is 0 Å². The minimum atomic E-state index is -0.389. The highest BCUT2D eigenvalue weighted by Gasteiger charge is 2.28. The first-order chi connectivity index (χ1) is 13.0. The topological polar surface area (TPSA) is 79.0 Å².